The van der Waals surface area contributed by atoms with E-state index in [1.54, 1.807) is 4.68 Å². The summed E-state index contributed by atoms with van der Waals surface area (Å²) < 4.78 is 1.57. The van der Waals surface area contributed by atoms with Crippen molar-refractivity contribution in [1.29, 1.82) is 5.26 Å². The number of aliphatic hydroxyl groups is 1. The number of aromatic amines is 1. The van der Waals surface area contributed by atoms with E-state index in [2.05, 4.69) is 25.5 Å². The number of aliphatic hydroxyl groups excluding tert-OH is 1. The Kier molecular flexibility index (Phi) is 4.55. The first-order valence-corrected chi connectivity index (χ1v) is 8.99. The molecule has 2 N–H and O–H groups in total. The lowest BCUT2D eigenvalue weighted by molar-refractivity contribution is 0.420. The number of aromatic nitrogens is 6. The Labute approximate surface area is 158 Å². The zero-order valence-corrected chi connectivity index (χ0v) is 14.8. The maximum absolute atomic E-state index is 10.4. The molecule has 0 radical (unpaired) electrons. The normalized spacial score (nSPS) is 12.0. The lowest BCUT2D eigenvalue weighted by Crippen LogP contribution is -2.00. The predicted octanol–water partition coefficient (Wildman–Crippen LogP) is 3.12. The number of allylic oxidation sites excluding steroid dienone is 1. The molecular weight excluding hydrogens is 362 g/mol. The molecule has 0 aliphatic heterocycles. The van der Waals surface area contributed by atoms with Gasteiger partial charge >= 0.3 is 0 Å². The van der Waals surface area contributed by atoms with Gasteiger partial charge in [0, 0.05) is 0 Å². The van der Waals surface area contributed by atoms with Crippen LogP contribution in [0.2, 0.25) is 0 Å². The van der Waals surface area contributed by atoms with E-state index in [1.807, 2.05) is 60.7 Å². The van der Waals surface area contributed by atoms with E-state index in [4.69, 9.17) is 0 Å². The van der Waals surface area contributed by atoms with Crippen LogP contribution in [0.25, 0.3) is 22.3 Å². The summed E-state index contributed by atoms with van der Waals surface area (Å²) in [6.45, 7) is 0. The van der Waals surface area contributed by atoms with E-state index in [-0.39, 0.29) is 17.1 Å². The highest BCUT2D eigenvalue weighted by Crippen LogP contribution is 2.24. The van der Waals surface area contributed by atoms with E-state index in [9.17, 15) is 10.4 Å². The van der Waals surface area contributed by atoms with Gasteiger partial charge in [-0.2, -0.15) is 9.94 Å². The average Bonchev–Trinajstić information content (AvgIpc) is 3.34. The number of benzene rings is 2. The van der Waals surface area contributed by atoms with Crippen LogP contribution in [0.4, 0.5) is 0 Å². The highest BCUT2D eigenvalue weighted by atomic mass is 32.2. The third-order valence-electron chi connectivity index (χ3n) is 3.81. The Bertz CT molecular complexity index is 1120. The second-order valence-corrected chi connectivity index (χ2v) is 6.48. The van der Waals surface area contributed by atoms with E-state index >= 15 is 0 Å². The predicted molar refractivity (Wildman–Crippen MR) is 101 cm³/mol. The molecule has 2 aromatic heterocycles. The van der Waals surface area contributed by atoms with Gasteiger partial charge < -0.3 is 10.1 Å². The molecule has 0 spiro atoms. The summed E-state index contributed by atoms with van der Waals surface area (Å²) >= 11 is 1.23. The Morgan fingerprint density at radius 1 is 1.15 bits per heavy atom. The zero-order chi connectivity index (χ0) is 18.6. The number of H-pyrrole nitrogens is 1. The Hall–Kier alpha value is -3.64. The second kappa shape index (κ2) is 7.31. The van der Waals surface area contributed by atoms with E-state index < -0.39 is 0 Å². The van der Waals surface area contributed by atoms with Crippen LogP contribution in [0.5, 0.6) is 0 Å². The number of imidazole rings is 1. The monoisotopic (exact) mass is 375 g/mol. The minimum Gasteiger partial charge on any atom is -0.510 e. The lowest BCUT2D eigenvalue weighted by Gasteiger charge is -2.04. The van der Waals surface area contributed by atoms with Crippen molar-refractivity contribution in [2.24, 2.45) is 0 Å². The van der Waals surface area contributed by atoms with Crippen LogP contribution in [-0.4, -0.2) is 41.0 Å². The summed E-state index contributed by atoms with van der Waals surface area (Å²) in [6.07, 6.45) is 0. The van der Waals surface area contributed by atoms with Gasteiger partial charge in [-0.25, -0.2) is 4.98 Å². The molecule has 2 aromatic carbocycles. The number of nitriles is 1. The molecule has 132 valence electrons. The number of nitrogens with zero attached hydrogens (tertiary/aromatic N) is 6. The fourth-order valence-corrected chi connectivity index (χ4v) is 3.30. The Morgan fingerprint density at radius 2 is 1.93 bits per heavy atom. The van der Waals surface area contributed by atoms with Gasteiger partial charge in [-0.05, 0) is 34.7 Å². The van der Waals surface area contributed by atoms with Crippen molar-refractivity contribution in [3.05, 3.63) is 66.2 Å². The lowest BCUT2D eigenvalue weighted by atomic mass is 10.2. The summed E-state index contributed by atoms with van der Waals surface area (Å²) in [4.78, 5) is 7.42. The highest BCUT2D eigenvalue weighted by Gasteiger charge is 2.15. The van der Waals surface area contributed by atoms with Crippen molar-refractivity contribution in [3.8, 4) is 11.8 Å². The molecule has 0 saturated carbocycles. The van der Waals surface area contributed by atoms with Gasteiger partial charge in [-0.3, -0.25) is 0 Å². The molecule has 0 saturated heterocycles. The minimum absolute atomic E-state index is 0.0934. The van der Waals surface area contributed by atoms with Crippen LogP contribution >= 0.6 is 11.8 Å². The van der Waals surface area contributed by atoms with Crippen molar-refractivity contribution < 1.29 is 5.11 Å². The molecule has 0 aliphatic carbocycles. The van der Waals surface area contributed by atoms with Crippen LogP contribution in [0.1, 0.15) is 5.82 Å². The zero-order valence-electron chi connectivity index (χ0n) is 13.9. The van der Waals surface area contributed by atoms with Crippen molar-refractivity contribution in [1.82, 2.24) is 30.2 Å². The van der Waals surface area contributed by atoms with Crippen molar-refractivity contribution in [2.45, 2.75) is 5.16 Å². The molecule has 8 nitrogen and oxygen atoms in total. The fourth-order valence-electron chi connectivity index (χ4n) is 2.53. The number of hydrogen-bond donors (Lipinski definition) is 2. The summed E-state index contributed by atoms with van der Waals surface area (Å²) in [5.74, 6) is 0.372. The summed E-state index contributed by atoms with van der Waals surface area (Å²) in [7, 11) is 0. The number of hydrogen-bond acceptors (Lipinski definition) is 7. The van der Waals surface area contributed by atoms with E-state index in [0.29, 0.717) is 11.0 Å². The van der Waals surface area contributed by atoms with Crippen LogP contribution in [0.15, 0.2) is 65.5 Å². The quantitative estimate of drug-likeness (QED) is 0.313. The standard InChI is InChI=1S/C18H13N7OS/c19-10-13(17-20-14-8-4-5-9-15(14)21-17)16(26)11-27-18-22-23-24-25(18)12-6-2-1-3-7-12/h1-9,26H,11H2,(H,20,21)/b16-13-. The van der Waals surface area contributed by atoms with E-state index in [1.165, 1.54) is 11.8 Å². The van der Waals surface area contributed by atoms with E-state index in [0.717, 1.165) is 16.7 Å². The molecule has 4 aromatic rings. The second-order valence-electron chi connectivity index (χ2n) is 5.53. The minimum atomic E-state index is -0.0934. The Balaban J connectivity index is 1.59. The number of para-hydroxylation sites is 3. The fraction of sp³-hybridized carbons (Fsp3) is 0.0556. The average molecular weight is 375 g/mol. The number of rotatable bonds is 5. The molecule has 0 fully saturated rings. The molecule has 0 amide bonds. The molecule has 0 unspecified atom stereocenters. The SMILES string of the molecule is N#C/C(=C(/O)CSc1nnnn1-c1ccccc1)c1nc2ccccc2[nH]1. The first-order chi connectivity index (χ1) is 13.3. The molecule has 0 aliphatic rings. The highest BCUT2D eigenvalue weighted by molar-refractivity contribution is 7.99. The molecule has 9 heteroatoms. The summed E-state index contributed by atoms with van der Waals surface area (Å²) in [6, 6.07) is 18.9. The molecule has 4 rings (SSSR count). The maximum Gasteiger partial charge on any atom is 0.214 e. The number of nitrogens with one attached hydrogen (secondary N) is 1. The van der Waals surface area contributed by atoms with Crippen LogP contribution < -0.4 is 0 Å². The number of fused-ring (bicyclic) bond motifs is 1. The Morgan fingerprint density at radius 3 is 2.70 bits per heavy atom. The largest absolute Gasteiger partial charge is 0.510 e. The summed E-state index contributed by atoms with van der Waals surface area (Å²) in [5.41, 5.74) is 2.44. The maximum atomic E-state index is 10.4. The summed E-state index contributed by atoms with van der Waals surface area (Å²) in [5, 5.41) is 32.1. The number of thioether (sulfide) groups is 1. The molecule has 27 heavy (non-hydrogen) atoms. The molecule has 2 heterocycles. The topological polar surface area (TPSA) is 116 Å². The molecule has 0 bridgehead atoms. The van der Waals surface area contributed by atoms with Crippen molar-refractivity contribution in [2.75, 3.05) is 5.75 Å². The van der Waals surface area contributed by atoms with Gasteiger partial charge in [0.1, 0.15) is 17.4 Å². The van der Waals surface area contributed by atoms with Gasteiger partial charge in [-0.1, -0.05) is 42.1 Å². The van der Waals surface area contributed by atoms with Gasteiger partial charge in [0.25, 0.3) is 0 Å². The molecular formula is C18H13N7OS. The molecule has 0 atom stereocenters. The van der Waals surface area contributed by atoms with Crippen LogP contribution in [0, 0.1) is 11.3 Å². The van der Waals surface area contributed by atoms with Gasteiger partial charge in [-0.15, -0.1) is 5.10 Å². The third-order valence-corrected chi connectivity index (χ3v) is 4.74. The van der Waals surface area contributed by atoms with Crippen molar-refractivity contribution >= 4 is 28.4 Å². The first kappa shape index (κ1) is 16.8. The van der Waals surface area contributed by atoms with Gasteiger partial charge in [0.2, 0.25) is 5.16 Å². The number of tetrazole rings is 1. The van der Waals surface area contributed by atoms with Gasteiger partial charge in [0.15, 0.2) is 5.82 Å². The van der Waals surface area contributed by atoms with Gasteiger partial charge in [0.05, 0.1) is 22.5 Å². The van der Waals surface area contributed by atoms with Crippen molar-refractivity contribution in [3.63, 3.8) is 0 Å². The van der Waals surface area contributed by atoms with Crippen LogP contribution in [-0.2, 0) is 0 Å². The third kappa shape index (κ3) is 3.38. The smallest absolute Gasteiger partial charge is 0.214 e. The van der Waals surface area contributed by atoms with Crippen LogP contribution in [0.3, 0.4) is 0 Å². The first-order valence-electron chi connectivity index (χ1n) is 8.00.